The van der Waals surface area contributed by atoms with E-state index in [0.29, 0.717) is 10.8 Å². The van der Waals surface area contributed by atoms with E-state index in [4.69, 9.17) is 16.3 Å². The second kappa shape index (κ2) is 4.23. The summed E-state index contributed by atoms with van der Waals surface area (Å²) in [7, 11) is 1.58. The van der Waals surface area contributed by atoms with Gasteiger partial charge in [-0.15, -0.1) is 0 Å². The lowest BCUT2D eigenvalue weighted by Gasteiger charge is -2.23. The lowest BCUT2D eigenvalue weighted by molar-refractivity contribution is -0.121. The van der Waals surface area contributed by atoms with E-state index < -0.39 is 5.41 Å². The summed E-state index contributed by atoms with van der Waals surface area (Å²) in [6.45, 7) is 5.30. The largest absolute Gasteiger partial charge is 0.497 e. The molecule has 1 rings (SSSR count). The Morgan fingerprint density at radius 1 is 1.40 bits per heavy atom. The van der Waals surface area contributed by atoms with E-state index in [-0.39, 0.29) is 5.78 Å². The maximum absolute atomic E-state index is 11.5. The van der Waals surface area contributed by atoms with Gasteiger partial charge in [0.2, 0.25) is 0 Å². The van der Waals surface area contributed by atoms with Crippen molar-refractivity contribution < 1.29 is 9.53 Å². The molecule has 3 heteroatoms. The van der Waals surface area contributed by atoms with Gasteiger partial charge in [0.25, 0.3) is 0 Å². The van der Waals surface area contributed by atoms with Crippen molar-refractivity contribution in [2.45, 2.75) is 26.2 Å². The highest BCUT2D eigenvalue weighted by molar-refractivity contribution is 6.32. The number of methoxy groups -OCH3 is 1. The third-order valence-electron chi connectivity index (χ3n) is 2.73. The Labute approximate surface area is 95.2 Å². The van der Waals surface area contributed by atoms with E-state index in [1.165, 1.54) is 0 Å². The summed E-state index contributed by atoms with van der Waals surface area (Å²) in [4.78, 5) is 11.5. The van der Waals surface area contributed by atoms with Gasteiger partial charge in [0.05, 0.1) is 7.11 Å². The number of hydrogen-bond donors (Lipinski definition) is 0. The van der Waals surface area contributed by atoms with Crippen LogP contribution in [0.5, 0.6) is 5.75 Å². The standard InChI is InChI=1S/C12H15ClO2/c1-8(14)12(2,3)10-6-5-9(15-4)7-11(10)13/h5-7H,1-4H3. The number of Topliss-reactive ketones (excluding diaryl/α,β-unsaturated/α-hetero) is 1. The van der Waals surface area contributed by atoms with Crippen LogP contribution in [0.25, 0.3) is 0 Å². The second-order valence-electron chi connectivity index (χ2n) is 4.03. The number of halogens is 1. The Kier molecular flexibility index (Phi) is 3.40. The summed E-state index contributed by atoms with van der Waals surface area (Å²) < 4.78 is 5.05. The molecule has 0 saturated heterocycles. The van der Waals surface area contributed by atoms with E-state index in [1.54, 1.807) is 20.1 Å². The van der Waals surface area contributed by atoms with E-state index in [2.05, 4.69) is 0 Å². The van der Waals surface area contributed by atoms with Crippen LogP contribution in [0.1, 0.15) is 26.3 Å². The SMILES string of the molecule is COc1ccc(C(C)(C)C(C)=O)c(Cl)c1. The first-order chi connectivity index (χ1) is 6.89. The van der Waals surface area contributed by atoms with Crippen LogP contribution in [0.2, 0.25) is 5.02 Å². The molecule has 0 atom stereocenters. The predicted octanol–water partition coefficient (Wildman–Crippen LogP) is 3.22. The Morgan fingerprint density at radius 3 is 2.40 bits per heavy atom. The number of carbonyl (C=O) groups excluding carboxylic acids is 1. The molecule has 15 heavy (non-hydrogen) atoms. The first-order valence-corrected chi connectivity index (χ1v) is 5.12. The Balaban J connectivity index is 3.22. The first-order valence-electron chi connectivity index (χ1n) is 4.74. The minimum Gasteiger partial charge on any atom is -0.497 e. The first kappa shape index (κ1) is 12.1. The number of hydrogen-bond acceptors (Lipinski definition) is 2. The van der Waals surface area contributed by atoms with Crippen LogP contribution in [0.15, 0.2) is 18.2 Å². The molecule has 2 nitrogen and oxygen atoms in total. The van der Waals surface area contributed by atoms with Crippen LogP contribution in [-0.4, -0.2) is 12.9 Å². The van der Waals surface area contributed by atoms with Crippen LogP contribution >= 0.6 is 11.6 Å². The van der Waals surface area contributed by atoms with E-state index in [9.17, 15) is 4.79 Å². The number of ketones is 1. The lowest BCUT2D eigenvalue weighted by atomic mass is 9.81. The van der Waals surface area contributed by atoms with E-state index >= 15 is 0 Å². The normalized spacial score (nSPS) is 11.3. The van der Waals surface area contributed by atoms with Gasteiger partial charge in [0, 0.05) is 10.4 Å². The van der Waals surface area contributed by atoms with Crippen molar-refractivity contribution in [3.05, 3.63) is 28.8 Å². The molecule has 82 valence electrons. The molecule has 0 aromatic heterocycles. The van der Waals surface area contributed by atoms with Crippen LogP contribution in [0, 0.1) is 0 Å². The lowest BCUT2D eigenvalue weighted by Crippen LogP contribution is -2.26. The molecule has 0 aliphatic heterocycles. The minimum atomic E-state index is -0.552. The van der Waals surface area contributed by atoms with Crippen LogP contribution < -0.4 is 4.74 Å². The van der Waals surface area contributed by atoms with Crippen molar-refractivity contribution in [3.8, 4) is 5.75 Å². The van der Waals surface area contributed by atoms with Crippen molar-refractivity contribution in [3.63, 3.8) is 0 Å². The molecule has 0 unspecified atom stereocenters. The van der Waals surface area contributed by atoms with Gasteiger partial charge in [-0.05, 0) is 38.5 Å². The molecule has 0 saturated carbocycles. The molecule has 1 aromatic rings. The molecule has 0 amide bonds. The van der Waals surface area contributed by atoms with Crippen molar-refractivity contribution in [2.24, 2.45) is 0 Å². The number of carbonyl (C=O) groups is 1. The zero-order chi connectivity index (χ0) is 11.6. The molecular formula is C12H15ClO2. The highest BCUT2D eigenvalue weighted by Crippen LogP contribution is 2.33. The topological polar surface area (TPSA) is 26.3 Å². The number of benzene rings is 1. The molecule has 0 spiro atoms. The third-order valence-corrected chi connectivity index (χ3v) is 3.04. The van der Waals surface area contributed by atoms with Crippen LogP contribution in [0.3, 0.4) is 0 Å². The molecule has 0 radical (unpaired) electrons. The summed E-state index contributed by atoms with van der Waals surface area (Å²) in [5, 5.41) is 0.564. The van der Waals surface area contributed by atoms with Gasteiger partial charge >= 0.3 is 0 Å². The Bertz CT molecular complexity index is 383. The van der Waals surface area contributed by atoms with Crippen LogP contribution in [0.4, 0.5) is 0 Å². The average Bonchev–Trinajstić information content (AvgIpc) is 2.16. The smallest absolute Gasteiger partial charge is 0.139 e. The van der Waals surface area contributed by atoms with Gasteiger partial charge in [0.1, 0.15) is 11.5 Å². The highest BCUT2D eigenvalue weighted by Gasteiger charge is 2.28. The average molecular weight is 227 g/mol. The zero-order valence-corrected chi connectivity index (χ0v) is 10.2. The van der Waals surface area contributed by atoms with Gasteiger partial charge < -0.3 is 4.74 Å². The highest BCUT2D eigenvalue weighted by atomic mass is 35.5. The van der Waals surface area contributed by atoms with Crippen molar-refractivity contribution >= 4 is 17.4 Å². The second-order valence-corrected chi connectivity index (χ2v) is 4.43. The van der Waals surface area contributed by atoms with Gasteiger partial charge in [-0.1, -0.05) is 17.7 Å². The number of ether oxygens (including phenoxy) is 1. The van der Waals surface area contributed by atoms with Gasteiger partial charge in [-0.25, -0.2) is 0 Å². The Hall–Kier alpha value is -1.02. The summed E-state index contributed by atoms with van der Waals surface area (Å²) in [5.41, 5.74) is 0.279. The monoisotopic (exact) mass is 226 g/mol. The molecule has 0 bridgehead atoms. The quantitative estimate of drug-likeness (QED) is 0.791. The summed E-state index contributed by atoms with van der Waals surface area (Å²) in [6, 6.07) is 5.37. The fourth-order valence-electron chi connectivity index (χ4n) is 1.32. The van der Waals surface area contributed by atoms with Crippen molar-refractivity contribution in [2.75, 3.05) is 7.11 Å². The number of rotatable bonds is 3. The molecule has 0 N–H and O–H groups in total. The van der Waals surface area contributed by atoms with Gasteiger partial charge in [-0.3, -0.25) is 4.79 Å². The Morgan fingerprint density at radius 2 is 2.00 bits per heavy atom. The van der Waals surface area contributed by atoms with Gasteiger partial charge in [0.15, 0.2) is 0 Å². The molecule has 0 heterocycles. The van der Waals surface area contributed by atoms with Crippen molar-refractivity contribution in [1.82, 2.24) is 0 Å². The van der Waals surface area contributed by atoms with Crippen LogP contribution in [-0.2, 0) is 10.2 Å². The predicted molar refractivity (Wildman–Crippen MR) is 61.7 cm³/mol. The third kappa shape index (κ3) is 2.32. The summed E-state index contributed by atoms with van der Waals surface area (Å²) >= 11 is 6.10. The fraction of sp³-hybridized carbons (Fsp3) is 0.417. The maximum Gasteiger partial charge on any atom is 0.139 e. The molecule has 0 fully saturated rings. The van der Waals surface area contributed by atoms with E-state index in [0.717, 1.165) is 5.56 Å². The maximum atomic E-state index is 11.5. The summed E-state index contributed by atoms with van der Waals surface area (Å²) in [5.74, 6) is 0.790. The van der Waals surface area contributed by atoms with E-state index in [1.807, 2.05) is 26.0 Å². The molecular weight excluding hydrogens is 212 g/mol. The zero-order valence-electron chi connectivity index (χ0n) is 9.43. The van der Waals surface area contributed by atoms with Gasteiger partial charge in [-0.2, -0.15) is 0 Å². The summed E-state index contributed by atoms with van der Waals surface area (Å²) in [6.07, 6.45) is 0. The van der Waals surface area contributed by atoms with Crippen molar-refractivity contribution in [1.29, 1.82) is 0 Å². The molecule has 1 aromatic carbocycles. The minimum absolute atomic E-state index is 0.0922. The molecule has 0 aliphatic rings. The fourth-order valence-corrected chi connectivity index (χ4v) is 1.73. The molecule has 0 aliphatic carbocycles.